The Hall–Kier alpha value is -3.62. The number of hydrogen-bond acceptors (Lipinski definition) is 7. The quantitative estimate of drug-likeness (QED) is 0.450. The topological polar surface area (TPSA) is 67.2 Å². The molecule has 1 N–H and O–H groups in total. The van der Waals surface area contributed by atoms with Crippen molar-refractivity contribution in [2.24, 2.45) is 0 Å². The first-order valence-corrected chi connectivity index (χ1v) is 11.5. The summed E-state index contributed by atoms with van der Waals surface area (Å²) in [7, 11) is 5.53. The second-order valence-corrected chi connectivity index (χ2v) is 8.58. The molecule has 2 aromatic carbocycles. The van der Waals surface area contributed by atoms with E-state index in [0.717, 1.165) is 66.7 Å². The van der Waals surface area contributed by atoms with Gasteiger partial charge in [0.05, 0.1) is 37.3 Å². The van der Waals surface area contributed by atoms with Crippen molar-refractivity contribution in [3.63, 3.8) is 0 Å². The molecule has 8 heteroatoms. The van der Waals surface area contributed by atoms with Crippen LogP contribution >= 0.6 is 0 Å². The predicted molar refractivity (Wildman–Crippen MR) is 134 cm³/mol. The lowest BCUT2D eigenvalue weighted by Gasteiger charge is -2.32. The third kappa shape index (κ3) is 4.55. The lowest BCUT2D eigenvalue weighted by Crippen LogP contribution is -2.43. The van der Waals surface area contributed by atoms with Crippen molar-refractivity contribution >= 4 is 17.2 Å². The first kappa shape index (κ1) is 22.2. The van der Waals surface area contributed by atoms with Crippen LogP contribution < -0.4 is 14.8 Å². The van der Waals surface area contributed by atoms with E-state index >= 15 is 0 Å². The molecule has 0 unspecified atom stereocenters. The normalized spacial score (nSPS) is 14.9. The minimum atomic E-state index is 0.495. The zero-order valence-corrected chi connectivity index (χ0v) is 19.9. The van der Waals surface area contributed by atoms with Crippen LogP contribution in [0.2, 0.25) is 0 Å². The van der Waals surface area contributed by atoms with Crippen molar-refractivity contribution in [2.75, 3.05) is 52.8 Å². The number of hydrogen-bond donors (Lipinski definition) is 1. The molecular formula is C26H30N6O2. The maximum Gasteiger partial charge on any atom is 0.245 e. The van der Waals surface area contributed by atoms with Gasteiger partial charge in [0.2, 0.25) is 5.95 Å². The molecule has 4 aromatic rings. The second-order valence-electron chi connectivity index (χ2n) is 8.58. The number of rotatable bonds is 7. The molecular weight excluding hydrogens is 428 g/mol. The molecule has 1 aliphatic rings. The van der Waals surface area contributed by atoms with Crippen LogP contribution in [-0.2, 0) is 6.54 Å². The maximum atomic E-state index is 5.61. The Morgan fingerprint density at radius 2 is 1.71 bits per heavy atom. The highest BCUT2D eigenvalue weighted by atomic mass is 16.5. The third-order valence-electron chi connectivity index (χ3n) is 6.29. The Bertz CT molecular complexity index is 1280. The highest BCUT2D eigenvalue weighted by Crippen LogP contribution is 2.32. The Labute approximate surface area is 199 Å². The Morgan fingerprint density at radius 3 is 2.50 bits per heavy atom. The number of methoxy groups -OCH3 is 2. The van der Waals surface area contributed by atoms with Crippen molar-refractivity contribution in [3.8, 4) is 22.8 Å². The van der Waals surface area contributed by atoms with E-state index in [2.05, 4.69) is 39.3 Å². The van der Waals surface area contributed by atoms with E-state index in [1.54, 1.807) is 14.2 Å². The van der Waals surface area contributed by atoms with Gasteiger partial charge < -0.3 is 19.7 Å². The van der Waals surface area contributed by atoms with Crippen LogP contribution in [0.5, 0.6) is 11.5 Å². The van der Waals surface area contributed by atoms with Gasteiger partial charge in [-0.1, -0.05) is 18.2 Å². The summed E-state index contributed by atoms with van der Waals surface area (Å²) in [6.07, 6.45) is 1.81. The highest BCUT2D eigenvalue weighted by Gasteiger charge is 2.16. The van der Waals surface area contributed by atoms with Crippen LogP contribution in [0.3, 0.4) is 0 Å². The first-order chi connectivity index (χ1) is 16.6. The van der Waals surface area contributed by atoms with Gasteiger partial charge in [-0.3, -0.25) is 4.90 Å². The van der Waals surface area contributed by atoms with E-state index in [1.807, 2.05) is 53.2 Å². The van der Waals surface area contributed by atoms with Gasteiger partial charge >= 0.3 is 0 Å². The number of likely N-dealkylation sites (N-methyl/N-ethyl adjacent to an activating group) is 1. The van der Waals surface area contributed by atoms with Gasteiger partial charge in [-0.15, -0.1) is 5.10 Å². The monoisotopic (exact) mass is 458 g/mol. The molecule has 3 heterocycles. The summed E-state index contributed by atoms with van der Waals surface area (Å²) < 4.78 is 13.1. The summed E-state index contributed by atoms with van der Waals surface area (Å²) in [6, 6.07) is 18.2. The van der Waals surface area contributed by atoms with Crippen LogP contribution in [0.15, 0.2) is 60.8 Å². The van der Waals surface area contributed by atoms with Crippen LogP contribution in [0.25, 0.3) is 16.8 Å². The van der Waals surface area contributed by atoms with E-state index in [9.17, 15) is 0 Å². The molecule has 34 heavy (non-hydrogen) atoms. The molecule has 0 saturated carbocycles. The van der Waals surface area contributed by atoms with Gasteiger partial charge in [0.1, 0.15) is 11.5 Å². The molecule has 8 nitrogen and oxygen atoms in total. The van der Waals surface area contributed by atoms with Crippen LogP contribution in [0.4, 0.5) is 11.6 Å². The molecule has 0 amide bonds. The number of para-hydroxylation sites is 1. The fourth-order valence-electron chi connectivity index (χ4n) is 4.35. The van der Waals surface area contributed by atoms with Crippen LogP contribution in [0.1, 0.15) is 5.56 Å². The molecule has 0 radical (unpaired) electrons. The molecule has 5 rings (SSSR count). The lowest BCUT2D eigenvalue weighted by molar-refractivity contribution is 0.148. The number of nitrogens with zero attached hydrogens (tertiary/aromatic N) is 5. The van der Waals surface area contributed by atoms with Crippen molar-refractivity contribution in [3.05, 3.63) is 66.4 Å². The summed E-state index contributed by atoms with van der Waals surface area (Å²) in [4.78, 5) is 9.38. The van der Waals surface area contributed by atoms with Crippen molar-refractivity contribution in [2.45, 2.75) is 6.54 Å². The summed E-state index contributed by atoms with van der Waals surface area (Å²) >= 11 is 0. The SMILES string of the molecule is COc1ccc(CN2CCN(C)CC2)cc1Nc1ncc2ccc(-c3ccccc3OC)n2n1. The number of aromatic nitrogens is 3. The zero-order chi connectivity index (χ0) is 23.5. The predicted octanol–water partition coefficient (Wildman–Crippen LogP) is 3.90. The number of fused-ring (bicyclic) bond motifs is 1. The number of nitrogens with one attached hydrogen (secondary N) is 1. The Balaban J connectivity index is 1.43. The first-order valence-electron chi connectivity index (χ1n) is 11.5. The third-order valence-corrected chi connectivity index (χ3v) is 6.29. The average Bonchev–Trinajstić information content (AvgIpc) is 3.29. The molecule has 1 fully saturated rings. The molecule has 0 aliphatic carbocycles. The number of anilines is 2. The molecule has 0 atom stereocenters. The van der Waals surface area contributed by atoms with E-state index in [0.29, 0.717) is 5.95 Å². The van der Waals surface area contributed by atoms with Crippen LogP contribution in [0, 0.1) is 0 Å². The average molecular weight is 459 g/mol. The number of benzene rings is 2. The van der Waals surface area contributed by atoms with Gasteiger partial charge in [0.25, 0.3) is 0 Å². The zero-order valence-electron chi connectivity index (χ0n) is 19.9. The lowest BCUT2D eigenvalue weighted by atomic mass is 10.1. The molecule has 176 valence electrons. The standard InChI is InChI=1S/C26H30N6O2/c1-30-12-14-31(15-13-30)18-19-8-11-25(34-3)22(16-19)28-26-27-17-20-9-10-23(32(20)29-26)21-6-4-5-7-24(21)33-2/h4-11,16-17H,12-15,18H2,1-3H3,(H,28,29). The van der Waals surface area contributed by atoms with Gasteiger partial charge in [-0.25, -0.2) is 9.50 Å². The Kier molecular flexibility index (Phi) is 6.33. The molecule has 0 spiro atoms. The van der Waals surface area contributed by atoms with Crippen molar-refractivity contribution in [1.82, 2.24) is 24.4 Å². The second kappa shape index (κ2) is 9.70. The number of piperazine rings is 1. The van der Waals surface area contributed by atoms with E-state index in [1.165, 1.54) is 5.56 Å². The van der Waals surface area contributed by atoms with Gasteiger partial charge in [-0.05, 0) is 49.0 Å². The minimum absolute atomic E-state index is 0.495. The van der Waals surface area contributed by atoms with Crippen LogP contribution in [-0.4, -0.2) is 71.8 Å². The highest BCUT2D eigenvalue weighted by molar-refractivity contribution is 5.72. The summed E-state index contributed by atoms with van der Waals surface area (Å²) in [5.41, 5.74) is 4.89. The maximum absolute atomic E-state index is 5.61. The molecule has 1 aliphatic heterocycles. The smallest absolute Gasteiger partial charge is 0.245 e. The van der Waals surface area contributed by atoms with E-state index in [-0.39, 0.29) is 0 Å². The van der Waals surface area contributed by atoms with Gasteiger partial charge in [0.15, 0.2) is 0 Å². The fourth-order valence-corrected chi connectivity index (χ4v) is 4.35. The molecule has 2 aromatic heterocycles. The van der Waals surface area contributed by atoms with E-state index in [4.69, 9.17) is 14.6 Å². The van der Waals surface area contributed by atoms with Crippen molar-refractivity contribution < 1.29 is 9.47 Å². The fraction of sp³-hybridized carbons (Fsp3) is 0.308. The summed E-state index contributed by atoms with van der Waals surface area (Å²) in [5.74, 6) is 2.05. The minimum Gasteiger partial charge on any atom is -0.496 e. The number of ether oxygens (including phenoxy) is 2. The van der Waals surface area contributed by atoms with Gasteiger partial charge in [-0.2, -0.15) is 0 Å². The molecule has 1 saturated heterocycles. The molecule has 0 bridgehead atoms. The largest absolute Gasteiger partial charge is 0.496 e. The van der Waals surface area contributed by atoms with E-state index < -0.39 is 0 Å². The summed E-state index contributed by atoms with van der Waals surface area (Å²) in [5, 5.41) is 8.15. The summed E-state index contributed by atoms with van der Waals surface area (Å²) in [6.45, 7) is 5.25. The van der Waals surface area contributed by atoms with Crippen molar-refractivity contribution in [1.29, 1.82) is 0 Å². The van der Waals surface area contributed by atoms with Gasteiger partial charge in [0, 0.05) is 38.3 Å². The Morgan fingerprint density at radius 1 is 0.912 bits per heavy atom.